The van der Waals surface area contributed by atoms with E-state index in [1.54, 1.807) is 0 Å². The van der Waals surface area contributed by atoms with Crippen molar-refractivity contribution in [2.45, 2.75) is 33.1 Å². The number of anilines is 2. The summed E-state index contributed by atoms with van der Waals surface area (Å²) in [6.07, 6.45) is 0.935. The van der Waals surface area contributed by atoms with Gasteiger partial charge in [0.1, 0.15) is 17.5 Å². The standard InChI is InChI=1S/C14H25N5O/c1-6-7-16-13(20)9-19(5)12-8-11(15-4)17-14(18-12)10(2)3/h8,10H,6-7,9H2,1-5H3,(H,16,20)(H,15,17,18). The third-order valence-electron chi connectivity index (χ3n) is 2.85. The van der Waals surface area contributed by atoms with Gasteiger partial charge in [0.2, 0.25) is 5.91 Å². The first kappa shape index (κ1) is 16.2. The van der Waals surface area contributed by atoms with Crippen LogP contribution in [0.2, 0.25) is 0 Å². The number of nitrogens with one attached hydrogen (secondary N) is 2. The lowest BCUT2D eigenvalue weighted by Gasteiger charge is -2.19. The molecule has 0 fully saturated rings. The second kappa shape index (κ2) is 7.67. The molecular weight excluding hydrogens is 254 g/mol. The van der Waals surface area contributed by atoms with Crippen molar-refractivity contribution < 1.29 is 4.79 Å². The number of likely N-dealkylation sites (N-methyl/N-ethyl adjacent to an activating group) is 1. The molecular formula is C14H25N5O. The third kappa shape index (κ3) is 4.68. The molecule has 1 rings (SSSR count). The fraction of sp³-hybridized carbons (Fsp3) is 0.643. The van der Waals surface area contributed by atoms with Crippen LogP contribution in [-0.2, 0) is 4.79 Å². The molecule has 0 saturated heterocycles. The summed E-state index contributed by atoms with van der Waals surface area (Å²) in [7, 11) is 3.68. The van der Waals surface area contributed by atoms with Crippen molar-refractivity contribution in [3.8, 4) is 0 Å². The predicted molar refractivity (Wildman–Crippen MR) is 82.2 cm³/mol. The minimum atomic E-state index is 0.00469. The van der Waals surface area contributed by atoms with Crippen LogP contribution in [0.1, 0.15) is 38.9 Å². The Labute approximate surface area is 121 Å². The van der Waals surface area contributed by atoms with Crippen LogP contribution >= 0.6 is 0 Å². The Hall–Kier alpha value is -1.85. The van der Waals surface area contributed by atoms with Gasteiger partial charge in [-0.3, -0.25) is 4.79 Å². The van der Waals surface area contributed by atoms with Crippen LogP contribution in [0.3, 0.4) is 0 Å². The zero-order chi connectivity index (χ0) is 15.1. The van der Waals surface area contributed by atoms with Crippen LogP contribution in [0.15, 0.2) is 6.07 Å². The third-order valence-corrected chi connectivity index (χ3v) is 2.85. The molecule has 0 radical (unpaired) electrons. The lowest BCUT2D eigenvalue weighted by atomic mass is 10.2. The number of hydrogen-bond donors (Lipinski definition) is 2. The molecule has 20 heavy (non-hydrogen) atoms. The summed E-state index contributed by atoms with van der Waals surface area (Å²) in [6, 6.07) is 1.85. The zero-order valence-electron chi connectivity index (χ0n) is 13.0. The van der Waals surface area contributed by atoms with Crippen LogP contribution in [0.4, 0.5) is 11.6 Å². The first-order chi connectivity index (χ1) is 9.47. The molecule has 2 N–H and O–H groups in total. The largest absolute Gasteiger partial charge is 0.373 e. The monoisotopic (exact) mass is 279 g/mol. The molecule has 0 aliphatic heterocycles. The number of carbonyl (C=O) groups is 1. The average Bonchev–Trinajstić information content (AvgIpc) is 2.44. The molecule has 0 aliphatic rings. The second-order valence-corrected chi connectivity index (χ2v) is 5.08. The van der Waals surface area contributed by atoms with Crippen LogP contribution in [0, 0.1) is 0 Å². The average molecular weight is 279 g/mol. The highest BCUT2D eigenvalue weighted by atomic mass is 16.2. The number of nitrogens with zero attached hydrogens (tertiary/aromatic N) is 3. The molecule has 0 aromatic carbocycles. The van der Waals surface area contributed by atoms with E-state index in [1.807, 2.05) is 45.8 Å². The van der Waals surface area contributed by atoms with Gasteiger partial charge >= 0.3 is 0 Å². The summed E-state index contributed by atoms with van der Waals surface area (Å²) in [5, 5.41) is 5.89. The lowest BCUT2D eigenvalue weighted by molar-refractivity contribution is -0.119. The quantitative estimate of drug-likeness (QED) is 0.793. The van der Waals surface area contributed by atoms with Gasteiger partial charge in [-0.2, -0.15) is 0 Å². The van der Waals surface area contributed by atoms with Crippen LogP contribution in [0.25, 0.3) is 0 Å². The molecule has 1 amide bonds. The molecule has 1 aromatic rings. The number of hydrogen-bond acceptors (Lipinski definition) is 5. The molecule has 0 saturated carbocycles. The number of carbonyl (C=O) groups excluding carboxylic acids is 1. The molecule has 0 atom stereocenters. The first-order valence-corrected chi connectivity index (χ1v) is 7.02. The van der Waals surface area contributed by atoms with Crippen molar-refractivity contribution in [2.24, 2.45) is 0 Å². The van der Waals surface area contributed by atoms with Crippen molar-refractivity contribution in [3.05, 3.63) is 11.9 Å². The zero-order valence-corrected chi connectivity index (χ0v) is 13.0. The molecule has 0 unspecified atom stereocenters. The Morgan fingerprint density at radius 1 is 1.40 bits per heavy atom. The van der Waals surface area contributed by atoms with E-state index in [9.17, 15) is 4.79 Å². The van der Waals surface area contributed by atoms with E-state index in [-0.39, 0.29) is 18.4 Å². The van der Waals surface area contributed by atoms with Gasteiger partial charge in [0.25, 0.3) is 0 Å². The van der Waals surface area contributed by atoms with Crippen molar-refractivity contribution >= 4 is 17.5 Å². The van der Waals surface area contributed by atoms with Crippen molar-refractivity contribution in [3.63, 3.8) is 0 Å². The van der Waals surface area contributed by atoms with E-state index in [0.29, 0.717) is 6.54 Å². The van der Waals surface area contributed by atoms with Crippen LogP contribution in [0.5, 0.6) is 0 Å². The minimum absolute atomic E-state index is 0.00469. The SMILES string of the molecule is CCCNC(=O)CN(C)c1cc(NC)nc(C(C)C)n1. The molecule has 112 valence electrons. The number of aromatic nitrogens is 2. The summed E-state index contributed by atoms with van der Waals surface area (Å²) in [5.41, 5.74) is 0. The van der Waals surface area contributed by atoms with Gasteiger partial charge < -0.3 is 15.5 Å². The van der Waals surface area contributed by atoms with E-state index in [0.717, 1.165) is 23.9 Å². The topological polar surface area (TPSA) is 70.2 Å². The minimum Gasteiger partial charge on any atom is -0.373 e. The second-order valence-electron chi connectivity index (χ2n) is 5.08. The lowest BCUT2D eigenvalue weighted by Crippen LogP contribution is -2.36. The highest BCUT2D eigenvalue weighted by Gasteiger charge is 2.12. The van der Waals surface area contributed by atoms with E-state index in [1.165, 1.54) is 0 Å². The molecule has 1 aromatic heterocycles. The van der Waals surface area contributed by atoms with Crippen molar-refractivity contribution in [2.75, 3.05) is 37.4 Å². The van der Waals surface area contributed by atoms with Gasteiger partial charge in [-0.1, -0.05) is 20.8 Å². The fourth-order valence-corrected chi connectivity index (χ4v) is 1.65. The smallest absolute Gasteiger partial charge is 0.239 e. The summed E-state index contributed by atoms with van der Waals surface area (Å²) < 4.78 is 0. The van der Waals surface area contributed by atoms with Gasteiger partial charge in [-0.15, -0.1) is 0 Å². The molecule has 0 spiro atoms. The van der Waals surface area contributed by atoms with Gasteiger partial charge in [-0.25, -0.2) is 9.97 Å². The van der Waals surface area contributed by atoms with E-state index >= 15 is 0 Å². The Morgan fingerprint density at radius 3 is 2.65 bits per heavy atom. The Bertz CT molecular complexity index is 447. The van der Waals surface area contributed by atoms with Crippen LogP contribution < -0.4 is 15.5 Å². The Kier molecular flexibility index (Phi) is 6.21. The molecule has 6 heteroatoms. The summed E-state index contributed by atoms with van der Waals surface area (Å²) >= 11 is 0. The molecule has 0 bridgehead atoms. The normalized spacial score (nSPS) is 10.5. The fourth-order valence-electron chi connectivity index (χ4n) is 1.65. The summed E-state index contributed by atoms with van der Waals surface area (Å²) in [6.45, 7) is 7.12. The molecule has 1 heterocycles. The number of amides is 1. The molecule has 0 aliphatic carbocycles. The maximum atomic E-state index is 11.7. The number of rotatable bonds is 7. The van der Waals surface area contributed by atoms with Gasteiger partial charge in [0, 0.05) is 32.6 Å². The first-order valence-electron chi connectivity index (χ1n) is 7.02. The van der Waals surface area contributed by atoms with Gasteiger partial charge in [-0.05, 0) is 6.42 Å². The summed E-state index contributed by atoms with van der Waals surface area (Å²) in [5.74, 6) is 2.53. The highest BCUT2D eigenvalue weighted by molar-refractivity contribution is 5.80. The van der Waals surface area contributed by atoms with Crippen molar-refractivity contribution in [1.29, 1.82) is 0 Å². The van der Waals surface area contributed by atoms with Crippen LogP contribution in [-0.4, -0.2) is 43.1 Å². The van der Waals surface area contributed by atoms with E-state index in [2.05, 4.69) is 20.6 Å². The Morgan fingerprint density at radius 2 is 2.10 bits per heavy atom. The highest BCUT2D eigenvalue weighted by Crippen LogP contribution is 2.18. The van der Waals surface area contributed by atoms with E-state index in [4.69, 9.17) is 0 Å². The van der Waals surface area contributed by atoms with Crippen molar-refractivity contribution in [1.82, 2.24) is 15.3 Å². The maximum absolute atomic E-state index is 11.7. The predicted octanol–water partition coefficient (Wildman–Crippen LogP) is 1.60. The Balaban J connectivity index is 2.83. The van der Waals surface area contributed by atoms with Gasteiger partial charge in [0.15, 0.2) is 0 Å². The van der Waals surface area contributed by atoms with Gasteiger partial charge in [0.05, 0.1) is 6.54 Å². The molecule has 6 nitrogen and oxygen atoms in total. The maximum Gasteiger partial charge on any atom is 0.239 e. The summed E-state index contributed by atoms with van der Waals surface area (Å²) in [4.78, 5) is 22.5. The van der Waals surface area contributed by atoms with E-state index < -0.39 is 0 Å².